The maximum Gasteiger partial charge on any atom is 0.338 e. The lowest BCUT2D eigenvalue weighted by Crippen LogP contribution is -2.40. The topological polar surface area (TPSA) is 88.4 Å². The number of para-hydroxylation sites is 1. The molecule has 208 valence electrons. The van der Waals surface area contributed by atoms with Crippen LogP contribution in [0, 0.1) is 12.3 Å². The second-order valence-electron chi connectivity index (χ2n) is 9.40. The predicted octanol–water partition coefficient (Wildman–Crippen LogP) is 3.57. The van der Waals surface area contributed by atoms with Crippen LogP contribution in [0.3, 0.4) is 0 Å². The predicted molar refractivity (Wildman–Crippen MR) is 154 cm³/mol. The molecule has 0 bridgehead atoms. The lowest BCUT2D eigenvalue weighted by molar-refractivity contribution is -0.140. The van der Waals surface area contributed by atoms with Crippen molar-refractivity contribution >= 4 is 23.4 Å². The van der Waals surface area contributed by atoms with Crippen molar-refractivity contribution in [1.29, 1.82) is 0 Å². The number of carbonyl (C=O) groups excluding carboxylic acids is 1. The average Bonchev–Trinajstić information content (AvgIpc) is 3.25. The summed E-state index contributed by atoms with van der Waals surface area (Å²) >= 11 is 1.23. The van der Waals surface area contributed by atoms with Gasteiger partial charge in [-0.05, 0) is 36.1 Å². The van der Waals surface area contributed by atoms with Crippen molar-refractivity contribution in [3.63, 3.8) is 0 Å². The lowest BCUT2D eigenvalue weighted by Gasteiger charge is -2.25. The number of aromatic nitrogens is 1. The number of methoxy groups -OCH3 is 2. The summed E-state index contributed by atoms with van der Waals surface area (Å²) in [5, 5.41) is 0. The Morgan fingerprint density at radius 3 is 2.58 bits per heavy atom. The Morgan fingerprint density at radius 2 is 1.93 bits per heavy atom. The van der Waals surface area contributed by atoms with Gasteiger partial charge in [0.1, 0.15) is 13.2 Å². The molecule has 1 unspecified atom stereocenters. The maximum atomic E-state index is 14.0. The molecule has 0 saturated heterocycles. The third-order valence-corrected chi connectivity index (χ3v) is 7.48. The van der Waals surface area contributed by atoms with E-state index < -0.39 is 12.0 Å². The van der Waals surface area contributed by atoms with Crippen molar-refractivity contribution < 1.29 is 23.7 Å². The largest absolute Gasteiger partial charge is 0.493 e. The van der Waals surface area contributed by atoms with E-state index in [-0.39, 0.29) is 25.4 Å². The van der Waals surface area contributed by atoms with E-state index in [0.717, 1.165) is 11.1 Å². The van der Waals surface area contributed by atoms with Gasteiger partial charge < -0.3 is 18.9 Å². The first-order valence-corrected chi connectivity index (χ1v) is 13.6. The Balaban J connectivity index is 1.90. The van der Waals surface area contributed by atoms with Crippen LogP contribution in [0.5, 0.6) is 11.5 Å². The third-order valence-electron chi connectivity index (χ3n) is 6.50. The van der Waals surface area contributed by atoms with Crippen LogP contribution in [0.2, 0.25) is 0 Å². The lowest BCUT2D eigenvalue weighted by atomic mass is 9.93. The van der Waals surface area contributed by atoms with E-state index in [1.807, 2.05) is 36.4 Å². The molecule has 0 fully saturated rings. The molecule has 40 heavy (non-hydrogen) atoms. The first-order chi connectivity index (χ1) is 19.3. The third kappa shape index (κ3) is 5.88. The number of benzene rings is 2. The number of fused-ring (bicyclic) bond motifs is 1. The molecule has 1 aromatic heterocycles. The van der Waals surface area contributed by atoms with E-state index in [1.54, 1.807) is 23.6 Å². The summed E-state index contributed by atoms with van der Waals surface area (Å²) in [5.41, 5.74) is 3.08. The number of nitrogens with zero attached hydrogens (tertiary/aromatic N) is 2. The molecule has 4 rings (SSSR count). The number of thiazole rings is 1. The average molecular weight is 561 g/mol. The summed E-state index contributed by atoms with van der Waals surface area (Å²) in [7, 11) is 3.07. The first-order valence-electron chi connectivity index (χ1n) is 12.8. The van der Waals surface area contributed by atoms with Crippen molar-refractivity contribution in [2.45, 2.75) is 32.7 Å². The monoisotopic (exact) mass is 560 g/mol. The SMILES string of the molecule is C#CCOc1c(C=c2sc3n(c2=O)C(c2ccc(C(C)C)cc2)C(C(=O)OCCOC)=C(C)N=3)cccc1OC. The molecule has 1 atom stereocenters. The molecule has 0 radical (unpaired) electrons. The summed E-state index contributed by atoms with van der Waals surface area (Å²) in [6.45, 7) is 6.37. The molecule has 0 amide bonds. The minimum Gasteiger partial charge on any atom is -0.493 e. The zero-order chi connectivity index (χ0) is 28.8. The van der Waals surface area contributed by atoms with Gasteiger partial charge in [0.2, 0.25) is 0 Å². The number of hydrogen-bond donors (Lipinski definition) is 0. The van der Waals surface area contributed by atoms with Gasteiger partial charge in [0.25, 0.3) is 5.56 Å². The van der Waals surface area contributed by atoms with Crippen molar-refractivity contribution in [3.8, 4) is 23.8 Å². The molecule has 0 spiro atoms. The molecular weight excluding hydrogens is 528 g/mol. The van der Waals surface area contributed by atoms with E-state index in [2.05, 4.69) is 24.8 Å². The summed E-state index contributed by atoms with van der Waals surface area (Å²) < 4.78 is 23.7. The molecular formula is C31H32N2O6S. The highest BCUT2D eigenvalue weighted by atomic mass is 32.1. The quantitative estimate of drug-likeness (QED) is 0.214. The van der Waals surface area contributed by atoms with Gasteiger partial charge >= 0.3 is 5.97 Å². The molecule has 0 N–H and O–H groups in total. The number of ether oxygens (including phenoxy) is 4. The molecule has 2 aromatic carbocycles. The molecule has 1 aliphatic heterocycles. The number of carbonyl (C=O) groups is 1. The van der Waals surface area contributed by atoms with Gasteiger partial charge in [-0.1, -0.05) is 67.5 Å². The standard InChI is InChI=1S/C31H32N2O6S/c1-7-15-38-28-23(9-8-10-24(28)37-6)18-25-29(34)33-27(22-13-11-21(12-14-22)19(2)3)26(20(4)32-31(33)40-25)30(35)39-17-16-36-5/h1,8-14,18-19,27H,15-17H2,2-6H3. The van der Waals surface area contributed by atoms with Gasteiger partial charge in [-0.3, -0.25) is 9.36 Å². The van der Waals surface area contributed by atoms with Gasteiger partial charge in [-0.25, -0.2) is 9.79 Å². The molecule has 3 aromatic rings. The van der Waals surface area contributed by atoms with E-state index in [1.165, 1.54) is 25.6 Å². The van der Waals surface area contributed by atoms with Crippen LogP contribution in [0.4, 0.5) is 0 Å². The normalized spacial score (nSPS) is 14.9. The number of hydrogen-bond acceptors (Lipinski definition) is 8. The van der Waals surface area contributed by atoms with Crippen molar-refractivity contribution in [2.24, 2.45) is 4.99 Å². The van der Waals surface area contributed by atoms with Gasteiger partial charge in [0, 0.05) is 12.7 Å². The zero-order valence-electron chi connectivity index (χ0n) is 23.2. The summed E-state index contributed by atoms with van der Waals surface area (Å²) in [4.78, 5) is 32.4. The molecule has 9 heteroatoms. The zero-order valence-corrected chi connectivity index (χ0v) is 24.0. The van der Waals surface area contributed by atoms with Gasteiger partial charge in [-0.2, -0.15) is 0 Å². The molecule has 0 saturated carbocycles. The van der Waals surface area contributed by atoms with Crippen LogP contribution >= 0.6 is 11.3 Å². The Labute approximate surface area is 237 Å². The number of terminal acetylenes is 1. The number of rotatable bonds is 10. The Bertz CT molecular complexity index is 1640. The smallest absolute Gasteiger partial charge is 0.338 e. The van der Waals surface area contributed by atoms with Crippen LogP contribution in [-0.4, -0.2) is 44.6 Å². The van der Waals surface area contributed by atoms with Crippen LogP contribution in [-0.2, 0) is 14.3 Å². The fourth-order valence-electron chi connectivity index (χ4n) is 4.47. The Kier molecular flexibility index (Phi) is 9.25. The Morgan fingerprint density at radius 1 is 1.18 bits per heavy atom. The highest BCUT2D eigenvalue weighted by Crippen LogP contribution is 2.33. The fraction of sp³-hybridized carbons (Fsp3) is 0.323. The minimum absolute atomic E-state index is 0.0442. The minimum atomic E-state index is -0.711. The van der Waals surface area contributed by atoms with Crippen LogP contribution < -0.4 is 24.4 Å². The summed E-state index contributed by atoms with van der Waals surface area (Å²) in [6.07, 6.45) is 7.14. The van der Waals surface area contributed by atoms with Gasteiger partial charge in [0.15, 0.2) is 16.3 Å². The van der Waals surface area contributed by atoms with Gasteiger partial charge in [-0.15, -0.1) is 6.42 Å². The Hall–Kier alpha value is -4.13. The molecule has 1 aliphatic rings. The van der Waals surface area contributed by atoms with Crippen molar-refractivity contribution in [3.05, 3.63) is 90.1 Å². The highest BCUT2D eigenvalue weighted by Gasteiger charge is 2.33. The van der Waals surface area contributed by atoms with E-state index in [4.69, 9.17) is 25.4 Å². The van der Waals surface area contributed by atoms with E-state index in [0.29, 0.717) is 43.6 Å². The number of esters is 1. The fourth-order valence-corrected chi connectivity index (χ4v) is 5.51. The summed E-state index contributed by atoms with van der Waals surface area (Å²) in [6, 6.07) is 12.6. The maximum absolute atomic E-state index is 14.0. The van der Waals surface area contributed by atoms with Crippen molar-refractivity contribution in [1.82, 2.24) is 4.57 Å². The van der Waals surface area contributed by atoms with Crippen LogP contribution in [0.1, 0.15) is 49.4 Å². The van der Waals surface area contributed by atoms with Crippen LogP contribution in [0.25, 0.3) is 6.08 Å². The first kappa shape index (κ1) is 28.9. The molecule has 8 nitrogen and oxygen atoms in total. The van der Waals surface area contributed by atoms with E-state index in [9.17, 15) is 9.59 Å². The van der Waals surface area contributed by atoms with Crippen molar-refractivity contribution in [2.75, 3.05) is 34.0 Å². The van der Waals surface area contributed by atoms with E-state index >= 15 is 0 Å². The molecule has 0 aliphatic carbocycles. The second kappa shape index (κ2) is 12.8. The second-order valence-corrected chi connectivity index (χ2v) is 10.4. The molecule has 2 heterocycles. The van der Waals surface area contributed by atoms with Crippen LogP contribution in [0.15, 0.2) is 63.5 Å². The summed E-state index contributed by atoms with van der Waals surface area (Å²) in [5.74, 6) is 3.19. The number of allylic oxidation sites excluding steroid dienone is 1. The highest BCUT2D eigenvalue weighted by molar-refractivity contribution is 7.07. The van der Waals surface area contributed by atoms with Gasteiger partial charge in [0.05, 0.1) is 35.6 Å².